The molecule has 1 aliphatic rings. The van der Waals surface area contributed by atoms with Crippen LogP contribution in [0.1, 0.15) is 29.7 Å². The summed E-state index contributed by atoms with van der Waals surface area (Å²) in [6, 6.07) is 16.2. The molecule has 0 spiro atoms. The van der Waals surface area contributed by atoms with Crippen LogP contribution in [0, 0.1) is 0 Å². The van der Waals surface area contributed by atoms with Crippen LogP contribution in [0.3, 0.4) is 0 Å². The van der Waals surface area contributed by atoms with Gasteiger partial charge in [0.15, 0.2) is 11.5 Å². The summed E-state index contributed by atoms with van der Waals surface area (Å²) in [5, 5.41) is 16.5. The number of methoxy groups -OCH3 is 2. The molecule has 0 radical (unpaired) electrons. The van der Waals surface area contributed by atoms with E-state index in [1.54, 1.807) is 14.2 Å². The number of phenolic OH excluding ortho intramolecular Hbond substituents is 1. The second-order valence-corrected chi connectivity index (χ2v) is 6.84. The summed E-state index contributed by atoms with van der Waals surface area (Å²) in [7, 11) is 3.30. The van der Waals surface area contributed by atoms with Gasteiger partial charge in [-0.3, -0.25) is 0 Å². The number of ether oxygens (including phenoxy) is 2. The SMILES string of the molecule is COc1cc2c(cc1OC)[C@H](c1ccc3ccccc3c1O)N[C@H](C)C2. The monoisotopic (exact) mass is 349 g/mol. The minimum absolute atomic E-state index is 0.0989. The van der Waals surface area contributed by atoms with E-state index in [9.17, 15) is 5.11 Å². The summed E-state index contributed by atoms with van der Waals surface area (Å²) in [5.41, 5.74) is 3.21. The van der Waals surface area contributed by atoms with Gasteiger partial charge >= 0.3 is 0 Å². The van der Waals surface area contributed by atoms with Gasteiger partial charge in [-0.2, -0.15) is 0 Å². The predicted molar refractivity (Wildman–Crippen MR) is 103 cm³/mol. The fraction of sp³-hybridized carbons (Fsp3) is 0.273. The van der Waals surface area contributed by atoms with Crippen molar-refractivity contribution < 1.29 is 14.6 Å². The Labute approximate surface area is 153 Å². The van der Waals surface area contributed by atoms with E-state index >= 15 is 0 Å². The Morgan fingerprint density at radius 1 is 0.962 bits per heavy atom. The standard InChI is InChI=1S/C22H23NO3/c1-13-10-15-11-19(25-2)20(26-3)12-18(15)21(23-13)17-9-8-14-6-4-5-7-16(14)22(17)24/h4-9,11-13,21,23-24H,10H2,1-3H3/t13-,21+/m1/s1. The van der Waals surface area contributed by atoms with Crippen molar-refractivity contribution in [1.82, 2.24) is 5.32 Å². The fourth-order valence-electron chi connectivity index (χ4n) is 3.91. The molecule has 1 aliphatic heterocycles. The summed E-state index contributed by atoms with van der Waals surface area (Å²) >= 11 is 0. The highest BCUT2D eigenvalue weighted by molar-refractivity contribution is 5.89. The first-order chi connectivity index (χ1) is 12.6. The summed E-state index contributed by atoms with van der Waals surface area (Å²) in [6.07, 6.45) is 0.903. The zero-order valence-corrected chi connectivity index (χ0v) is 15.2. The maximum atomic E-state index is 10.9. The fourth-order valence-corrected chi connectivity index (χ4v) is 3.91. The number of nitrogens with one attached hydrogen (secondary N) is 1. The average molecular weight is 349 g/mol. The van der Waals surface area contributed by atoms with Gasteiger partial charge < -0.3 is 19.9 Å². The van der Waals surface area contributed by atoms with Gasteiger partial charge in [0.25, 0.3) is 0 Å². The van der Waals surface area contributed by atoms with Crippen LogP contribution >= 0.6 is 0 Å². The summed E-state index contributed by atoms with van der Waals surface area (Å²) < 4.78 is 11.0. The highest BCUT2D eigenvalue weighted by Gasteiger charge is 2.29. The van der Waals surface area contributed by atoms with Crippen molar-refractivity contribution in [3.8, 4) is 17.2 Å². The number of aromatic hydroxyl groups is 1. The molecule has 3 aromatic carbocycles. The van der Waals surface area contributed by atoms with Crippen molar-refractivity contribution in [3.63, 3.8) is 0 Å². The van der Waals surface area contributed by atoms with Crippen LogP contribution in [0.4, 0.5) is 0 Å². The van der Waals surface area contributed by atoms with Crippen LogP contribution in [-0.2, 0) is 6.42 Å². The van der Waals surface area contributed by atoms with E-state index in [2.05, 4.69) is 24.4 Å². The van der Waals surface area contributed by atoms with Crippen LogP contribution in [0.5, 0.6) is 17.2 Å². The third kappa shape index (κ3) is 2.67. The second kappa shape index (κ2) is 6.54. The highest BCUT2D eigenvalue weighted by atomic mass is 16.5. The lowest BCUT2D eigenvalue weighted by atomic mass is 9.85. The molecular formula is C22H23NO3. The smallest absolute Gasteiger partial charge is 0.161 e. The lowest BCUT2D eigenvalue weighted by Gasteiger charge is -2.33. The Morgan fingerprint density at radius 3 is 2.46 bits per heavy atom. The largest absolute Gasteiger partial charge is 0.507 e. The summed E-state index contributed by atoms with van der Waals surface area (Å²) in [5.74, 6) is 1.77. The molecule has 134 valence electrons. The maximum Gasteiger partial charge on any atom is 0.161 e. The Kier molecular flexibility index (Phi) is 4.21. The number of rotatable bonds is 3. The van der Waals surface area contributed by atoms with E-state index in [0.717, 1.165) is 34.1 Å². The normalized spacial score (nSPS) is 19.2. The van der Waals surface area contributed by atoms with Crippen LogP contribution < -0.4 is 14.8 Å². The van der Waals surface area contributed by atoms with Crippen molar-refractivity contribution >= 4 is 10.8 Å². The van der Waals surface area contributed by atoms with E-state index < -0.39 is 0 Å². The molecule has 3 aromatic rings. The molecule has 4 nitrogen and oxygen atoms in total. The summed E-state index contributed by atoms with van der Waals surface area (Å²) in [6.45, 7) is 2.16. The minimum Gasteiger partial charge on any atom is -0.507 e. The van der Waals surface area contributed by atoms with Gasteiger partial charge in [-0.15, -0.1) is 0 Å². The van der Waals surface area contributed by atoms with Gasteiger partial charge in [-0.1, -0.05) is 36.4 Å². The first kappa shape index (κ1) is 16.7. The zero-order valence-electron chi connectivity index (χ0n) is 15.2. The molecule has 2 atom stereocenters. The van der Waals surface area contributed by atoms with E-state index in [0.29, 0.717) is 11.5 Å². The third-order valence-electron chi connectivity index (χ3n) is 5.18. The van der Waals surface area contributed by atoms with Gasteiger partial charge in [0.05, 0.1) is 20.3 Å². The van der Waals surface area contributed by atoms with Crippen molar-refractivity contribution in [2.75, 3.05) is 14.2 Å². The van der Waals surface area contributed by atoms with Crippen molar-refractivity contribution in [2.24, 2.45) is 0 Å². The van der Waals surface area contributed by atoms with E-state index in [4.69, 9.17) is 9.47 Å². The molecule has 0 aliphatic carbocycles. The van der Waals surface area contributed by atoms with Gasteiger partial charge in [-0.25, -0.2) is 0 Å². The molecule has 2 N–H and O–H groups in total. The lowest BCUT2D eigenvalue weighted by Crippen LogP contribution is -2.38. The molecule has 1 heterocycles. The molecule has 26 heavy (non-hydrogen) atoms. The summed E-state index contributed by atoms with van der Waals surface area (Å²) in [4.78, 5) is 0. The third-order valence-corrected chi connectivity index (χ3v) is 5.18. The number of hydrogen-bond donors (Lipinski definition) is 2. The first-order valence-corrected chi connectivity index (χ1v) is 8.83. The van der Waals surface area contributed by atoms with E-state index in [-0.39, 0.29) is 12.1 Å². The predicted octanol–water partition coefficient (Wildman–Crippen LogP) is 4.19. The minimum atomic E-state index is -0.0989. The first-order valence-electron chi connectivity index (χ1n) is 8.83. The molecule has 0 saturated carbocycles. The second-order valence-electron chi connectivity index (χ2n) is 6.84. The number of fused-ring (bicyclic) bond motifs is 2. The van der Waals surface area contributed by atoms with Gasteiger partial charge in [-0.05, 0) is 42.0 Å². The van der Waals surface area contributed by atoms with Gasteiger partial charge in [0.1, 0.15) is 5.75 Å². The topological polar surface area (TPSA) is 50.7 Å². The molecular weight excluding hydrogens is 326 g/mol. The van der Waals surface area contributed by atoms with Crippen LogP contribution in [0.15, 0.2) is 48.5 Å². The van der Waals surface area contributed by atoms with Crippen LogP contribution in [0.2, 0.25) is 0 Å². The Hall–Kier alpha value is -2.72. The number of benzene rings is 3. The van der Waals surface area contributed by atoms with Crippen molar-refractivity contribution in [2.45, 2.75) is 25.4 Å². The average Bonchev–Trinajstić information content (AvgIpc) is 2.67. The van der Waals surface area contributed by atoms with Crippen LogP contribution in [0.25, 0.3) is 10.8 Å². The molecule has 0 fully saturated rings. The van der Waals surface area contributed by atoms with E-state index in [1.807, 2.05) is 36.4 Å². The molecule has 0 bridgehead atoms. The lowest BCUT2D eigenvalue weighted by molar-refractivity contribution is 0.351. The molecule has 0 amide bonds. The van der Waals surface area contributed by atoms with Crippen molar-refractivity contribution in [3.05, 3.63) is 65.2 Å². The highest BCUT2D eigenvalue weighted by Crippen LogP contribution is 2.42. The number of phenols is 1. The molecule has 4 heteroatoms. The maximum absolute atomic E-state index is 10.9. The molecule has 0 unspecified atom stereocenters. The van der Waals surface area contributed by atoms with Gasteiger partial charge in [0, 0.05) is 17.0 Å². The Bertz CT molecular complexity index is 967. The van der Waals surface area contributed by atoms with Crippen molar-refractivity contribution in [1.29, 1.82) is 0 Å². The van der Waals surface area contributed by atoms with Crippen LogP contribution in [-0.4, -0.2) is 25.4 Å². The molecule has 0 aromatic heterocycles. The molecule has 4 rings (SSSR count). The van der Waals surface area contributed by atoms with E-state index in [1.165, 1.54) is 5.56 Å². The number of hydrogen-bond acceptors (Lipinski definition) is 4. The van der Waals surface area contributed by atoms with Gasteiger partial charge in [0.2, 0.25) is 0 Å². The molecule has 0 saturated heterocycles. The zero-order chi connectivity index (χ0) is 18.3. The Balaban J connectivity index is 1.90. The quantitative estimate of drug-likeness (QED) is 0.745. The Morgan fingerprint density at radius 2 is 1.69 bits per heavy atom.